The zero-order valence-corrected chi connectivity index (χ0v) is 11.2. The molecule has 0 aliphatic carbocycles. The Hall–Kier alpha value is -1.90. The van der Waals surface area contributed by atoms with Crippen molar-refractivity contribution in [1.29, 1.82) is 0 Å². The Labute approximate surface area is 112 Å². The Morgan fingerprint density at radius 2 is 1.89 bits per heavy atom. The van der Waals surface area contributed by atoms with Crippen LogP contribution in [0.1, 0.15) is 19.4 Å². The van der Waals surface area contributed by atoms with Gasteiger partial charge in [-0.2, -0.15) is 0 Å². The molecule has 0 heterocycles. The number of benzene rings is 2. The molecule has 2 aromatic carbocycles. The molecule has 0 unspecified atom stereocenters. The smallest absolute Gasteiger partial charge is 0.318 e. The van der Waals surface area contributed by atoms with Gasteiger partial charge in [-0.15, -0.1) is 0 Å². The molecular weight excluding hydrogens is 243 g/mol. The molecular formula is C16H17FO2. The quantitative estimate of drug-likeness (QED) is 0.785. The van der Waals surface area contributed by atoms with E-state index in [1.165, 1.54) is 0 Å². The molecule has 0 aromatic heterocycles. The lowest BCUT2D eigenvalue weighted by Crippen LogP contribution is -2.36. The summed E-state index contributed by atoms with van der Waals surface area (Å²) in [4.78, 5) is 12.0. The minimum atomic E-state index is -1.24. The summed E-state index contributed by atoms with van der Waals surface area (Å²) in [5, 5.41) is 2.06. The van der Waals surface area contributed by atoms with Crippen molar-refractivity contribution in [1.82, 2.24) is 0 Å². The largest absolute Gasteiger partial charge is 0.465 e. The molecule has 2 nitrogen and oxygen atoms in total. The van der Waals surface area contributed by atoms with E-state index in [2.05, 4.69) is 0 Å². The molecule has 0 saturated heterocycles. The Morgan fingerprint density at radius 3 is 2.53 bits per heavy atom. The molecule has 0 N–H and O–H groups in total. The van der Waals surface area contributed by atoms with Crippen molar-refractivity contribution < 1.29 is 13.9 Å². The summed E-state index contributed by atoms with van der Waals surface area (Å²) >= 11 is 0. The fourth-order valence-corrected chi connectivity index (χ4v) is 2.07. The highest BCUT2D eigenvalue weighted by Gasteiger charge is 2.37. The average molecular weight is 260 g/mol. The van der Waals surface area contributed by atoms with E-state index in [1.807, 2.05) is 36.4 Å². The standard InChI is InChI=1S/C16H17FO2/c1-3-19-15(18)16(2,11-17)14-9-8-12-6-4-5-7-13(12)10-14/h4-10H,3,11H2,1-2H3/t16-/m1/s1. The maximum atomic E-state index is 13.4. The number of carbonyl (C=O) groups excluding carboxylic acids is 1. The fourth-order valence-electron chi connectivity index (χ4n) is 2.07. The number of halogens is 1. The molecule has 0 radical (unpaired) electrons. The first-order chi connectivity index (χ1) is 9.11. The van der Waals surface area contributed by atoms with Crippen LogP contribution in [-0.2, 0) is 14.9 Å². The molecule has 0 fully saturated rings. The number of rotatable bonds is 4. The molecule has 2 aromatic rings. The lowest BCUT2D eigenvalue weighted by Gasteiger charge is -2.24. The summed E-state index contributed by atoms with van der Waals surface area (Å²) < 4.78 is 18.4. The SMILES string of the molecule is CCOC(=O)[C@](C)(CF)c1ccc2ccccc2c1. The van der Waals surface area contributed by atoms with Gasteiger partial charge in [0.05, 0.1) is 6.61 Å². The molecule has 0 bridgehead atoms. The van der Waals surface area contributed by atoms with Gasteiger partial charge in [-0.3, -0.25) is 4.79 Å². The second-order valence-electron chi connectivity index (χ2n) is 4.75. The van der Waals surface area contributed by atoms with Crippen LogP contribution in [-0.4, -0.2) is 19.3 Å². The number of carbonyl (C=O) groups is 1. The van der Waals surface area contributed by atoms with E-state index in [0.717, 1.165) is 10.8 Å². The second kappa shape index (κ2) is 5.39. The number of fused-ring (bicyclic) bond motifs is 1. The summed E-state index contributed by atoms with van der Waals surface area (Å²) in [6.45, 7) is 2.78. The first-order valence-electron chi connectivity index (χ1n) is 6.34. The van der Waals surface area contributed by atoms with Crippen LogP contribution in [0.5, 0.6) is 0 Å². The van der Waals surface area contributed by atoms with Crippen LogP contribution in [0, 0.1) is 0 Å². The predicted octanol–water partition coefficient (Wildman–Crippen LogP) is 3.63. The third-order valence-corrected chi connectivity index (χ3v) is 3.38. The molecule has 0 saturated carbocycles. The van der Waals surface area contributed by atoms with Gasteiger partial charge in [-0.1, -0.05) is 36.4 Å². The molecule has 0 aliphatic heterocycles. The van der Waals surface area contributed by atoms with Gasteiger partial charge in [0, 0.05) is 0 Å². The molecule has 0 amide bonds. The Bertz CT molecular complexity index is 594. The van der Waals surface area contributed by atoms with Crippen molar-refractivity contribution >= 4 is 16.7 Å². The van der Waals surface area contributed by atoms with Crippen LogP contribution in [0.4, 0.5) is 4.39 Å². The molecule has 2 rings (SSSR count). The van der Waals surface area contributed by atoms with Gasteiger partial charge in [0.2, 0.25) is 0 Å². The lowest BCUT2D eigenvalue weighted by molar-refractivity contribution is -0.150. The van der Waals surface area contributed by atoms with E-state index in [1.54, 1.807) is 19.9 Å². The zero-order valence-electron chi connectivity index (χ0n) is 11.2. The van der Waals surface area contributed by atoms with Crippen LogP contribution >= 0.6 is 0 Å². The monoisotopic (exact) mass is 260 g/mol. The first-order valence-corrected chi connectivity index (χ1v) is 6.34. The Balaban J connectivity index is 2.48. The van der Waals surface area contributed by atoms with Crippen molar-refractivity contribution in [3.8, 4) is 0 Å². The maximum Gasteiger partial charge on any atom is 0.318 e. The molecule has 100 valence electrons. The van der Waals surface area contributed by atoms with Crippen LogP contribution in [0.2, 0.25) is 0 Å². The number of esters is 1. The number of ether oxygens (including phenoxy) is 1. The third kappa shape index (κ3) is 2.46. The van der Waals surface area contributed by atoms with Crippen LogP contribution in [0.15, 0.2) is 42.5 Å². The highest BCUT2D eigenvalue weighted by atomic mass is 19.1. The minimum absolute atomic E-state index is 0.252. The van der Waals surface area contributed by atoms with Crippen molar-refractivity contribution in [2.45, 2.75) is 19.3 Å². The second-order valence-corrected chi connectivity index (χ2v) is 4.75. The number of hydrogen-bond donors (Lipinski definition) is 0. The molecule has 0 spiro atoms. The normalized spacial score (nSPS) is 14.1. The maximum absolute atomic E-state index is 13.4. The predicted molar refractivity (Wildman–Crippen MR) is 73.9 cm³/mol. The summed E-state index contributed by atoms with van der Waals surface area (Å²) in [6, 6.07) is 13.3. The van der Waals surface area contributed by atoms with Crippen LogP contribution in [0.25, 0.3) is 10.8 Å². The van der Waals surface area contributed by atoms with Gasteiger partial charge in [-0.05, 0) is 36.2 Å². The summed E-state index contributed by atoms with van der Waals surface area (Å²) in [5.41, 5.74) is -0.591. The molecule has 19 heavy (non-hydrogen) atoms. The van der Waals surface area contributed by atoms with Gasteiger partial charge >= 0.3 is 5.97 Å². The van der Waals surface area contributed by atoms with E-state index in [0.29, 0.717) is 5.56 Å². The highest BCUT2D eigenvalue weighted by Crippen LogP contribution is 2.29. The van der Waals surface area contributed by atoms with Gasteiger partial charge in [0.1, 0.15) is 12.1 Å². The van der Waals surface area contributed by atoms with Crippen LogP contribution < -0.4 is 0 Å². The number of hydrogen-bond acceptors (Lipinski definition) is 2. The average Bonchev–Trinajstić information content (AvgIpc) is 2.46. The van der Waals surface area contributed by atoms with Crippen molar-refractivity contribution in [2.75, 3.05) is 13.3 Å². The van der Waals surface area contributed by atoms with Gasteiger partial charge in [0.15, 0.2) is 0 Å². The topological polar surface area (TPSA) is 26.3 Å². The molecule has 3 heteroatoms. The van der Waals surface area contributed by atoms with E-state index < -0.39 is 18.1 Å². The lowest BCUT2D eigenvalue weighted by atomic mass is 9.83. The zero-order chi connectivity index (χ0) is 13.9. The van der Waals surface area contributed by atoms with E-state index in [9.17, 15) is 9.18 Å². The Morgan fingerprint density at radius 1 is 1.21 bits per heavy atom. The van der Waals surface area contributed by atoms with Crippen molar-refractivity contribution in [2.24, 2.45) is 0 Å². The first kappa shape index (κ1) is 13.5. The van der Waals surface area contributed by atoms with Gasteiger partial charge in [-0.25, -0.2) is 4.39 Å². The fraction of sp³-hybridized carbons (Fsp3) is 0.312. The highest BCUT2D eigenvalue weighted by molar-refractivity contribution is 5.88. The van der Waals surface area contributed by atoms with E-state index in [4.69, 9.17) is 4.74 Å². The van der Waals surface area contributed by atoms with Crippen molar-refractivity contribution in [3.63, 3.8) is 0 Å². The van der Waals surface area contributed by atoms with Crippen LogP contribution in [0.3, 0.4) is 0 Å². The Kier molecular flexibility index (Phi) is 3.84. The summed E-state index contributed by atoms with van der Waals surface area (Å²) in [5.74, 6) is -0.521. The molecule has 0 aliphatic rings. The molecule has 1 atom stereocenters. The van der Waals surface area contributed by atoms with E-state index >= 15 is 0 Å². The third-order valence-electron chi connectivity index (χ3n) is 3.38. The van der Waals surface area contributed by atoms with Gasteiger partial charge < -0.3 is 4.74 Å². The summed E-state index contributed by atoms with van der Waals surface area (Å²) in [7, 11) is 0. The minimum Gasteiger partial charge on any atom is -0.465 e. The van der Waals surface area contributed by atoms with E-state index in [-0.39, 0.29) is 6.61 Å². The summed E-state index contributed by atoms with van der Waals surface area (Å²) in [6.07, 6.45) is 0. The van der Waals surface area contributed by atoms with Gasteiger partial charge in [0.25, 0.3) is 0 Å². The van der Waals surface area contributed by atoms with Crippen molar-refractivity contribution in [3.05, 3.63) is 48.0 Å². The number of alkyl halides is 1.